The highest BCUT2D eigenvalue weighted by Gasteiger charge is 2.44. The van der Waals surface area contributed by atoms with E-state index in [1.807, 2.05) is 24.3 Å². The molecule has 1 fully saturated rings. The molecular formula is C23H31N7O5S. The lowest BCUT2D eigenvalue weighted by molar-refractivity contribution is -0.0290. The van der Waals surface area contributed by atoms with Gasteiger partial charge in [0.1, 0.15) is 30.2 Å². The second-order valence-electron chi connectivity index (χ2n) is 9.65. The van der Waals surface area contributed by atoms with Crippen LogP contribution < -0.4 is 16.4 Å². The number of fused-ring (bicyclic) bond motifs is 1. The summed E-state index contributed by atoms with van der Waals surface area (Å²) >= 11 is 0. The molecule has 0 saturated carbocycles. The molecule has 36 heavy (non-hydrogen) atoms. The summed E-state index contributed by atoms with van der Waals surface area (Å²) in [5.41, 5.74) is 8.34. The van der Waals surface area contributed by atoms with E-state index in [2.05, 4.69) is 46.4 Å². The number of hydrogen-bond donors (Lipinski definition) is 5. The molecule has 1 aromatic carbocycles. The average molecular weight is 518 g/mol. The van der Waals surface area contributed by atoms with Crippen LogP contribution in [0.3, 0.4) is 0 Å². The molecule has 12 nitrogen and oxygen atoms in total. The van der Waals surface area contributed by atoms with Crippen LogP contribution in [0.1, 0.15) is 32.6 Å². The number of urea groups is 1. The first-order valence-electron chi connectivity index (χ1n) is 11.5. The molecule has 0 spiro atoms. The fraction of sp³-hybridized carbons (Fsp3) is 0.478. The molecule has 0 aliphatic carbocycles. The van der Waals surface area contributed by atoms with Gasteiger partial charge in [-0.15, -0.1) is 0 Å². The van der Waals surface area contributed by atoms with Crippen molar-refractivity contribution >= 4 is 39.5 Å². The number of benzene rings is 1. The number of hydrogen-bond acceptors (Lipinski definition) is 9. The molecule has 0 bridgehead atoms. The standard InChI is InChI=1S/C23H31N7O5S/c1-23(2,3)13-4-6-14(7-5-13)29-22(33)25-8-9-36(34)10-15-17(31)18(32)21(35-15)30-12-28-16-19(24)26-11-27-20(16)30/h4-7,11-12,15,17-18,21,31-32H,8-10H2,1-3H3,(H2,24,26,27)(H2,25,29,33)/t15-,17-,18-,21-,36?/m1/s1. The fourth-order valence-corrected chi connectivity index (χ4v) is 5.07. The van der Waals surface area contributed by atoms with Gasteiger partial charge < -0.3 is 31.3 Å². The van der Waals surface area contributed by atoms with Crippen molar-refractivity contribution in [1.29, 1.82) is 0 Å². The van der Waals surface area contributed by atoms with Crippen molar-refractivity contribution in [2.24, 2.45) is 0 Å². The zero-order valence-electron chi connectivity index (χ0n) is 20.3. The van der Waals surface area contributed by atoms with Gasteiger partial charge in [0.2, 0.25) is 0 Å². The maximum atomic E-state index is 12.6. The molecule has 1 aliphatic rings. The van der Waals surface area contributed by atoms with E-state index >= 15 is 0 Å². The van der Waals surface area contributed by atoms with Crippen molar-refractivity contribution in [3.05, 3.63) is 42.5 Å². The Morgan fingerprint density at radius 3 is 2.58 bits per heavy atom. The van der Waals surface area contributed by atoms with E-state index in [0.29, 0.717) is 16.9 Å². The Bertz CT molecular complexity index is 1240. The summed E-state index contributed by atoms with van der Waals surface area (Å²) in [6.07, 6.45) is -1.73. The molecule has 13 heteroatoms. The van der Waals surface area contributed by atoms with Crippen molar-refractivity contribution in [2.45, 2.75) is 50.7 Å². The number of aromatic nitrogens is 4. The van der Waals surface area contributed by atoms with Gasteiger partial charge in [-0.25, -0.2) is 19.7 Å². The van der Waals surface area contributed by atoms with E-state index in [9.17, 15) is 19.2 Å². The molecule has 4 rings (SSSR count). The summed E-state index contributed by atoms with van der Waals surface area (Å²) in [4.78, 5) is 24.3. The van der Waals surface area contributed by atoms with Gasteiger partial charge in [0.15, 0.2) is 17.7 Å². The highest BCUT2D eigenvalue weighted by molar-refractivity contribution is 7.85. The number of anilines is 2. The number of nitrogen functional groups attached to an aromatic ring is 1. The van der Waals surface area contributed by atoms with Gasteiger partial charge in [0, 0.05) is 28.8 Å². The molecule has 1 aliphatic heterocycles. The fourth-order valence-electron chi connectivity index (χ4n) is 3.93. The van der Waals surface area contributed by atoms with E-state index < -0.39 is 41.4 Å². The maximum absolute atomic E-state index is 12.6. The second kappa shape index (κ2) is 10.5. The van der Waals surface area contributed by atoms with Crippen molar-refractivity contribution in [2.75, 3.05) is 29.1 Å². The van der Waals surface area contributed by atoms with Gasteiger partial charge in [-0.2, -0.15) is 0 Å². The number of amides is 2. The number of carbonyl (C=O) groups is 1. The Hall–Kier alpha value is -3.13. The molecule has 2 aromatic heterocycles. The van der Waals surface area contributed by atoms with E-state index in [1.54, 1.807) is 0 Å². The summed E-state index contributed by atoms with van der Waals surface area (Å²) in [6, 6.07) is 7.20. The minimum absolute atomic E-state index is 0.0178. The van der Waals surface area contributed by atoms with E-state index in [-0.39, 0.29) is 29.3 Å². The molecule has 2 amide bonds. The molecule has 194 valence electrons. The number of aliphatic hydroxyl groups excluding tert-OH is 2. The molecule has 1 unspecified atom stereocenters. The Kier molecular flexibility index (Phi) is 7.54. The van der Waals surface area contributed by atoms with Crippen LogP contribution in [-0.2, 0) is 21.0 Å². The monoisotopic (exact) mass is 517 g/mol. The van der Waals surface area contributed by atoms with E-state index in [4.69, 9.17) is 10.5 Å². The molecule has 5 atom stereocenters. The van der Waals surface area contributed by atoms with Gasteiger partial charge in [0.05, 0.1) is 12.1 Å². The quantitative estimate of drug-likeness (QED) is 0.304. The Labute approximate surface area is 210 Å². The topological polar surface area (TPSA) is 178 Å². The van der Waals surface area contributed by atoms with Gasteiger partial charge in [0.25, 0.3) is 0 Å². The van der Waals surface area contributed by atoms with Gasteiger partial charge >= 0.3 is 6.03 Å². The Balaban J connectivity index is 1.26. The average Bonchev–Trinajstić information content (AvgIpc) is 3.36. The number of aliphatic hydroxyl groups is 2. The summed E-state index contributed by atoms with van der Waals surface area (Å²) in [7, 11) is -1.42. The highest BCUT2D eigenvalue weighted by atomic mass is 32.2. The number of nitrogens with two attached hydrogens (primary N) is 1. The first-order valence-corrected chi connectivity index (χ1v) is 13.0. The van der Waals surface area contributed by atoms with Crippen LogP contribution in [0.4, 0.5) is 16.3 Å². The molecule has 0 radical (unpaired) electrons. The van der Waals surface area contributed by atoms with Crippen molar-refractivity contribution < 1.29 is 24.0 Å². The van der Waals surface area contributed by atoms with Gasteiger partial charge in [-0.1, -0.05) is 32.9 Å². The normalized spacial score (nSPS) is 23.0. The lowest BCUT2D eigenvalue weighted by atomic mass is 9.87. The molecule has 6 N–H and O–H groups in total. The maximum Gasteiger partial charge on any atom is 0.319 e. The minimum Gasteiger partial charge on any atom is -0.387 e. The number of nitrogens with zero attached hydrogens (tertiary/aromatic N) is 4. The van der Waals surface area contributed by atoms with Crippen LogP contribution in [0.15, 0.2) is 36.9 Å². The van der Waals surface area contributed by atoms with Crippen LogP contribution in [0, 0.1) is 0 Å². The summed E-state index contributed by atoms with van der Waals surface area (Å²) in [5, 5.41) is 26.4. The van der Waals surface area contributed by atoms with E-state index in [0.717, 1.165) is 5.56 Å². The lowest BCUT2D eigenvalue weighted by Gasteiger charge is -2.19. The number of carbonyl (C=O) groups excluding carboxylic acids is 1. The molecular weight excluding hydrogens is 486 g/mol. The van der Waals surface area contributed by atoms with Gasteiger partial charge in [-0.3, -0.25) is 8.78 Å². The van der Waals surface area contributed by atoms with Crippen molar-refractivity contribution in [1.82, 2.24) is 24.8 Å². The molecule has 3 heterocycles. The summed E-state index contributed by atoms with van der Waals surface area (Å²) in [6.45, 7) is 6.51. The third-order valence-corrected chi connectivity index (χ3v) is 7.33. The first kappa shape index (κ1) is 25.9. The zero-order chi connectivity index (χ0) is 26.0. The van der Waals surface area contributed by atoms with Crippen molar-refractivity contribution in [3.8, 4) is 0 Å². The molecule has 3 aromatic rings. The summed E-state index contributed by atoms with van der Waals surface area (Å²) < 4.78 is 19.9. The highest BCUT2D eigenvalue weighted by Crippen LogP contribution is 2.32. The van der Waals surface area contributed by atoms with Crippen LogP contribution >= 0.6 is 0 Å². The number of nitrogens with one attached hydrogen (secondary N) is 2. The third-order valence-electron chi connectivity index (χ3n) is 5.97. The van der Waals surface area contributed by atoms with Crippen molar-refractivity contribution in [3.63, 3.8) is 0 Å². The number of ether oxygens (including phenoxy) is 1. The Morgan fingerprint density at radius 2 is 1.89 bits per heavy atom. The third kappa shape index (κ3) is 5.64. The van der Waals surface area contributed by atoms with Crippen LogP contribution in [-0.4, -0.2) is 76.3 Å². The van der Waals surface area contributed by atoms with Gasteiger partial charge in [-0.05, 0) is 23.1 Å². The van der Waals surface area contributed by atoms with E-state index in [1.165, 1.54) is 17.2 Å². The first-order chi connectivity index (χ1) is 17.0. The lowest BCUT2D eigenvalue weighted by Crippen LogP contribution is -2.36. The van der Waals surface area contributed by atoms with Crippen LogP contribution in [0.5, 0.6) is 0 Å². The largest absolute Gasteiger partial charge is 0.387 e. The molecule has 1 saturated heterocycles. The number of rotatable bonds is 7. The Morgan fingerprint density at radius 1 is 1.17 bits per heavy atom. The SMILES string of the molecule is CC(C)(C)c1ccc(NC(=O)NCCS(=O)C[C@H]2O[C@@H](n3cnc4c(N)ncnc43)[C@H](O)[C@@H]2O)cc1. The predicted molar refractivity (Wildman–Crippen MR) is 136 cm³/mol. The smallest absolute Gasteiger partial charge is 0.319 e. The van der Waals surface area contributed by atoms with Crippen LogP contribution in [0.2, 0.25) is 0 Å². The number of imidazole rings is 1. The summed E-state index contributed by atoms with van der Waals surface area (Å²) in [5.74, 6) is 0.320. The predicted octanol–water partition coefficient (Wildman–Crippen LogP) is 0.896. The minimum atomic E-state index is -1.42. The zero-order valence-corrected chi connectivity index (χ0v) is 21.1. The second-order valence-corrected chi connectivity index (χ2v) is 11.3. The van der Waals surface area contributed by atoms with Crippen LogP contribution in [0.25, 0.3) is 11.2 Å².